The van der Waals surface area contributed by atoms with Gasteiger partial charge < -0.3 is 19.4 Å². The van der Waals surface area contributed by atoms with E-state index in [1.165, 1.54) is 12.1 Å². The fourth-order valence-electron chi connectivity index (χ4n) is 2.84. The number of nitrogens with zero attached hydrogens (tertiary/aromatic N) is 1. The molecule has 0 unspecified atom stereocenters. The van der Waals surface area contributed by atoms with E-state index in [2.05, 4.69) is 14.6 Å². The maximum atomic E-state index is 12.2. The fraction of sp³-hybridized carbons (Fsp3) is 0.250. The van der Waals surface area contributed by atoms with Gasteiger partial charge in [0.15, 0.2) is 0 Å². The van der Waals surface area contributed by atoms with Gasteiger partial charge in [-0.2, -0.15) is 8.78 Å². The largest absolute Gasteiger partial charge is 0.435 e. The SMILES string of the molecule is COCCn1ccc2cc(NC(=O)Cc3ccc(OC(F)F)cc3)ccc21. The van der Waals surface area contributed by atoms with E-state index < -0.39 is 6.61 Å². The van der Waals surface area contributed by atoms with Crippen LogP contribution in [0.1, 0.15) is 5.56 Å². The van der Waals surface area contributed by atoms with Crippen LogP contribution in [0.4, 0.5) is 14.5 Å². The lowest BCUT2D eigenvalue weighted by molar-refractivity contribution is -0.115. The zero-order valence-corrected chi connectivity index (χ0v) is 14.8. The molecular formula is C20H20F2N2O3. The number of carbonyl (C=O) groups excluding carboxylic acids is 1. The lowest BCUT2D eigenvalue weighted by Crippen LogP contribution is -2.14. The van der Waals surface area contributed by atoms with Crippen molar-refractivity contribution in [3.05, 3.63) is 60.3 Å². The summed E-state index contributed by atoms with van der Waals surface area (Å²) >= 11 is 0. The van der Waals surface area contributed by atoms with Gasteiger partial charge in [-0.1, -0.05) is 12.1 Å². The molecule has 0 saturated heterocycles. The monoisotopic (exact) mass is 374 g/mol. The molecule has 0 spiro atoms. The average molecular weight is 374 g/mol. The number of benzene rings is 2. The molecule has 0 fully saturated rings. The summed E-state index contributed by atoms with van der Waals surface area (Å²) in [6, 6.07) is 13.7. The predicted octanol–water partition coefficient (Wildman–Crippen LogP) is 4.07. The lowest BCUT2D eigenvalue weighted by Gasteiger charge is -2.08. The van der Waals surface area contributed by atoms with E-state index in [4.69, 9.17) is 4.74 Å². The number of methoxy groups -OCH3 is 1. The van der Waals surface area contributed by atoms with Gasteiger partial charge in [0.2, 0.25) is 5.91 Å². The summed E-state index contributed by atoms with van der Waals surface area (Å²) in [6.07, 6.45) is 2.13. The minimum absolute atomic E-state index is 0.0672. The average Bonchev–Trinajstić information content (AvgIpc) is 3.03. The highest BCUT2D eigenvalue weighted by Crippen LogP contribution is 2.21. The third-order valence-electron chi connectivity index (χ3n) is 4.10. The molecule has 1 aromatic heterocycles. The van der Waals surface area contributed by atoms with Crippen LogP contribution in [0.5, 0.6) is 5.75 Å². The number of rotatable bonds is 8. The maximum Gasteiger partial charge on any atom is 0.387 e. The normalized spacial score (nSPS) is 11.1. The number of halogens is 2. The molecule has 27 heavy (non-hydrogen) atoms. The zero-order valence-electron chi connectivity index (χ0n) is 14.8. The molecule has 0 atom stereocenters. The Bertz CT molecular complexity index is 907. The molecule has 2 aromatic carbocycles. The molecule has 1 amide bonds. The van der Waals surface area contributed by atoms with Crippen molar-refractivity contribution in [2.45, 2.75) is 19.6 Å². The number of anilines is 1. The Morgan fingerprint density at radius 1 is 1.15 bits per heavy atom. The van der Waals surface area contributed by atoms with Crippen molar-refractivity contribution in [3.8, 4) is 5.75 Å². The maximum absolute atomic E-state index is 12.2. The summed E-state index contributed by atoms with van der Waals surface area (Å²) in [4.78, 5) is 12.2. The van der Waals surface area contributed by atoms with Crippen molar-refractivity contribution >= 4 is 22.5 Å². The van der Waals surface area contributed by atoms with Gasteiger partial charge in [-0.3, -0.25) is 4.79 Å². The molecule has 142 valence electrons. The van der Waals surface area contributed by atoms with Crippen molar-refractivity contribution in [2.24, 2.45) is 0 Å². The number of alkyl halides is 2. The van der Waals surface area contributed by atoms with Crippen molar-refractivity contribution in [3.63, 3.8) is 0 Å². The second-order valence-corrected chi connectivity index (χ2v) is 6.02. The standard InChI is InChI=1S/C20H20F2N2O3/c1-26-11-10-24-9-8-15-13-16(4-7-18(15)24)23-19(25)12-14-2-5-17(6-3-14)27-20(21)22/h2-9,13,20H,10-12H2,1H3,(H,23,25). The van der Waals surface area contributed by atoms with Gasteiger partial charge in [0, 0.05) is 36.4 Å². The summed E-state index contributed by atoms with van der Waals surface area (Å²) in [5, 5.41) is 3.88. The third kappa shape index (κ3) is 5.04. The number of fused-ring (bicyclic) bond motifs is 1. The van der Waals surface area contributed by atoms with Crippen molar-refractivity contribution < 1.29 is 23.0 Å². The number of carbonyl (C=O) groups is 1. The molecule has 3 rings (SSSR count). The molecule has 5 nitrogen and oxygen atoms in total. The first-order valence-electron chi connectivity index (χ1n) is 8.46. The van der Waals surface area contributed by atoms with E-state index in [-0.39, 0.29) is 18.1 Å². The summed E-state index contributed by atoms with van der Waals surface area (Å²) in [5.74, 6) is -0.117. The second-order valence-electron chi connectivity index (χ2n) is 6.02. The van der Waals surface area contributed by atoms with Crippen LogP contribution >= 0.6 is 0 Å². The fourth-order valence-corrected chi connectivity index (χ4v) is 2.84. The molecule has 0 bridgehead atoms. The predicted molar refractivity (Wildman–Crippen MR) is 99.2 cm³/mol. The molecule has 3 aromatic rings. The van der Waals surface area contributed by atoms with Crippen LogP contribution in [0.25, 0.3) is 10.9 Å². The highest BCUT2D eigenvalue weighted by Gasteiger charge is 2.08. The van der Waals surface area contributed by atoms with E-state index in [1.54, 1.807) is 19.2 Å². The van der Waals surface area contributed by atoms with Gasteiger partial charge in [-0.25, -0.2) is 0 Å². The van der Waals surface area contributed by atoms with Gasteiger partial charge in [-0.05, 0) is 42.0 Å². The van der Waals surface area contributed by atoms with Crippen LogP contribution in [0.15, 0.2) is 54.7 Å². The van der Waals surface area contributed by atoms with Crippen molar-refractivity contribution in [1.29, 1.82) is 0 Å². The Morgan fingerprint density at radius 3 is 2.63 bits per heavy atom. The molecule has 7 heteroatoms. The summed E-state index contributed by atoms with van der Waals surface area (Å²) < 4.78 is 35.8. The third-order valence-corrected chi connectivity index (χ3v) is 4.10. The van der Waals surface area contributed by atoms with Gasteiger partial charge in [0.05, 0.1) is 13.0 Å². The van der Waals surface area contributed by atoms with E-state index in [1.807, 2.05) is 30.5 Å². The minimum atomic E-state index is -2.86. The van der Waals surface area contributed by atoms with Gasteiger partial charge in [0.25, 0.3) is 0 Å². The van der Waals surface area contributed by atoms with Crippen molar-refractivity contribution in [2.75, 3.05) is 19.0 Å². The van der Waals surface area contributed by atoms with E-state index >= 15 is 0 Å². The highest BCUT2D eigenvalue weighted by atomic mass is 19.3. The van der Waals surface area contributed by atoms with E-state index in [0.717, 1.165) is 17.4 Å². The molecule has 0 saturated carbocycles. The highest BCUT2D eigenvalue weighted by molar-refractivity contribution is 5.95. The number of aromatic nitrogens is 1. The summed E-state index contributed by atoms with van der Waals surface area (Å²) in [6.45, 7) is -1.47. The number of ether oxygens (including phenoxy) is 2. The van der Waals surface area contributed by atoms with Gasteiger partial charge >= 0.3 is 6.61 Å². The zero-order chi connectivity index (χ0) is 19.2. The quantitative estimate of drug-likeness (QED) is 0.647. The Morgan fingerprint density at radius 2 is 1.93 bits per heavy atom. The Balaban J connectivity index is 1.62. The number of hydrogen-bond acceptors (Lipinski definition) is 3. The molecule has 0 aliphatic rings. The summed E-state index contributed by atoms with van der Waals surface area (Å²) in [5.41, 5.74) is 2.48. The minimum Gasteiger partial charge on any atom is -0.435 e. The smallest absolute Gasteiger partial charge is 0.387 e. The first kappa shape index (κ1) is 18.8. The molecule has 1 N–H and O–H groups in total. The van der Waals surface area contributed by atoms with Crippen molar-refractivity contribution in [1.82, 2.24) is 4.57 Å². The molecule has 0 aliphatic heterocycles. The first-order valence-corrected chi connectivity index (χ1v) is 8.46. The Kier molecular flexibility index (Phi) is 6.03. The van der Waals surface area contributed by atoms with Crippen LogP contribution in [0.2, 0.25) is 0 Å². The van der Waals surface area contributed by atoms with Gasteiger partial charge in [0.1, 0.15) is 5.75 Å². The van der Waals surface area contributed by atoms with E-state index in [0.29, 0.717) is 17.9 Å². The van der Waals surface area contributed by atoms with Crippen LogP contribution in [-0.2, 0) is 22.5 Å². The molecule has 0 aliphatic carbocycles. The molecular weight excluding hydrogens is 354 g/mol. The lowest BCUT2D eigenvalue weighted by atomic mass is 10.1. The summed E-state index contributed by atoms with van der Waals surface area (Å²) in [7, 11) is 1.67. The van der Waals surface area contributed by atoms with Crippen LogP contribution in [-0.4, -0.2) is 30.8 Å². The van der Waals surface area contributed by atoms with Gasteiger partial charge in [-0.15, -0.1) is 0 Å². The Labute approximate surface area is 155 Å². The van der Waals surface area contributed by atoms with E-state index in [9.17, 15) is 13.6 Å². The molecule has 1 heterocycles. The van der Waals surface area contributed by atoms with Crippen LogP contribution < -0.4 is 10.1 Å². The van der Waals surface area contributed by atoms with Crippen LogP contribution in [0, 0.1) is 0 Å². The Hall–Kier alpha value is -2.93. The number of amides is 1. The number of hydrogen-bond donors (Lipinski definition) is 1. The van der Waals surface area contributed by atoms with Crippen LogP contribution in [0.3, 0.4) is 0 Å². The second kappa shape index (κ2) is 8.64. The number of nitrogens with one attached hydrogen (secondary N) is 1. The topological polar surface area (TPSA) is 52.5 Å². The first-order chi connectivity index (χ1) is 13.0. The molecule has 0 radical (unpaired) electrons.